The molecular formula is C24H38N4O5S. The van der Waals surface area contributed by atoms with E-state index in [1.54, 1.807) is 32.0 Å². The molecule has 190 valence electrons. The van der Waals surface area contributed by atoms with Crippen molar-refractivity contribution >= 4 is 33.2 Å². The van der Waals surface area contributed by atoms with E-state index in [1.165, 1.54) is 9.21 Å². The van der Waals surface area contributed by atoms with Crippen molar-refractivity contribution in [3.63, 3.8) is 0 Å². The lowest BCUT2D eigenvalue weighted by Crippen LogP contribution is -2.57. The van der Waals surface area contributed by atoms with E-state index in [-0.39, 0.29) is 35.4 Å². The summed E-state index contributed by atoms with van der Waals surface area (Å²) in [6.45, 7) is 9.82. The van der Waals surface area contributed by atoms with Crippen molar-refractivity contribution in [3.05, 3.63) is 18.2 Å². The van der Waals surface area contributed by atoms with Crippen molar-refractivity contribution in [2.75, 3.05) is 49.1 Å². The standard InChI is InChI=1S/C24H38N4O5S/c1-5-26(6-2)34(31,32)19-11-12-20-22(16-19)28(24(30)21-10-7-8-14-27(20)21)17-23(29)25-13-9-15-33-18(3)4/h11-12,16,18,21H,5-10,13-15,17H2,1-4H3,(H,25,29)/t21-/m0/s1. The number of rotatable bonds is 11. The van der Waals surface area contributed by atoms with E-state index >= 15 is 0 Å². The predicted octanol–water partition coefficient (Wildman–Crippen LogP) is 2.35. The third kappa shape index (κ3) is 5.72. The molecule has 1 aromatic carbocycles. The van der Waals surface area contributed by atoms with E-state index in [0.29, 0.717) is 38.3 Å². The van der Waals surface area contributed by atoms with Crippen molar-refractivity contribution in [1.29, 1.82) is 0 Å². The number of anilines is 2. The lowest BCUT2D eigenvalue weighted by atomic mass is 9.96. The van der Waals surface area contributed by atoms with Gasteiger partial charge in [-0.3, -0.25) is 14.5 Å². The van der Waals surface area contributed by atoms with Crippen LogP contribution in [0.25, 0.3) is 0 Å². The van der Waals surface area contributed by atoms with Crippen LogP contribution >= 0.6 is 0 Å². The fourth-order valence-corrected chi connectivity index (χ4v) is 6.07. The van der Waals surface area contributed by atoms with Crippen LogP contribution in [-0.4, -0.2) is 76.0 Å². The van der Waals surface area contributed by atoms with Gasteiger partial charge >= 0.3 is 0 Å². The molecule has 0 aliphatic carbocycles. The van der Waals surface area contributed by atoms with Crippen LogP contribution in [0.5, 0.6) is 0 Å². The minimum absolute atomic E-state index is 0.134. The zero-order valence-corrected chi connectivity index (χ0v) is 21.6. The number of hydrogen-bond acceptors (Lipinski definition) is 6. The van der Waals surface area contributed by atoms with Crippen LogP contribution in [-0.2, 0) is 24.3 Å². The molecule has 1 saturated heterocycles. The molecule has 3 rings (SSSR count). The Balaban J connectivity index is 1.86. The second kappa shape index (κ2) is 11.5. The first-order valence-corrected chi connectivity index (χ1v) is 13.7. The summed E-state index contributed by atoms with van der Waals surface area (Å²) >= 11 is 0. The summed E-state index contributed by atoms with van der Waals surface area (Å²) < 4.78 is 33.2. The Morgan fingerprint density at radius 2 is 1.94 bits per heavy atom. The second-order valence-electron chi connectivity index (χ2n) is 8.99. The van der Waals surface area contributed by atoms with Gasteiger partial charge in [0.05, 0.1) is 22.4 Å². The molecule has 1 fully saturated rings. The van der Waals surface area contributed by atoms with Crippen molar-refractivity contribution in [1.82, 2.24) is 9.62 Å². The Morgan fingerprint density at radius 1 is 1.21 bits per heavy atom. The number of nitrogens with one attached hydrogen (secondary N) is 1. The third-order valence-electron chi connectivity index (χ3n) is 6.34. The Hall–Kier alpha value is -2.17. The van der Waals surface area contributed by atoms with E-state index in [2.05, 4.69) is 10.2 Å². The molecule has 10 heteroatoms. The molecular weight excluding hydrogens is 456 g/mol. The molecule has 2 aliphatic heterocycles. The highest BCUT2D eigenvalue weighted by Gasteiger charge is 2.40. The molecule has 1 N–H and O–H groups in total. The number of fused-ring (bicyclic) bond motifs is 3. The Labute approximate surface area is 203 Å². The lowest BCUT2D eigenvalue weighted by molar-refractivity contribution is -0.125. The monoisotopic (exact) mass is 494 g/mol. The van der Waals surface area contributed by atoms with Crippen LogP contribution in [0, 0.1) is 0 Å². The SMILES string of the molecule is CCN(CC)S(=O)(=O)c1ccc2c(c1)N(CC(=O)NCCCOC(C)C)C(=O)[C@@H]1CCCCN21. The van der Waals surface area contributed by atoms with Crippen molar-refractivity contribution in [3.8, 4) is 0 Å². The molecule has 1 aromatic rings. The van der Waals surface area contributed by atoms with Gasteiger partial charge in [-0.2, -0.15) is 4.31 Å². The van der Waals surface area contributed by atoms with Crippen molar-refractivity contribution in [2.45, 2.75) is 70.4 Å². The number of hydrogen-bond donors (Lipinski definition) is 1. The fourth-order valence-electron chi connectivity index (χ4n) is 4.59. The highest BCUT2D eigenvalue weighted by molar-refractivity contribution is 7.89. The summed E-state index contributed by atoms with van der Waals surface area (Å²) in [6.07, 6.45) is 3.46. The van der Waals surface area contributed by atoms with E-state index in [0.717, 1.165) is 31.5 Å². The minimum Gasteiger partial charge on any atom is -0.379 e. The summed E-state index contributed by atoms with van der Waals surface area (Å²) in [5.41, 5.74) is 1.29. The van der Waals surface area contributed by atoms with Crippen LogP contribution in [0.15, 0.2) is 23.1 Å². The summed E-state index contributed by atoms with van der Waals surface area (Å²) in [4.78, 5) is 29.8. The molecule has 34 heavy (non-hydrogen) atoms. The average molecular weight is 495 g/mol. The number of amides is 2. The van der Waals surface area contributed by atoms with E-state index in [9.17, 15) is 18.0 Å². The summed E-state index contributed by atoms with van der Waals surface area (Å²) in [7, 11) is -3.70. The average Bonchev–Trinajstić information content (AvgIpc) is 2.81. The molecule has 0 aromatic heterocycles. The number of carbonyl (C=O) groups is 2. The summed E-state index contributed by atoms with van der Waals surface area (Å²) in [5, 5.41) is 2.86. The van der Waals surface area contributed by atoms with Gasteiger partial charge in [-0.25, -0.2) is 8.42 Å². The van der Waals surface area contributed by atoms with Gasteiger partial charge in [0.15, 0.2) is 0 Å². The predicted molar refractivity (Wildman–Crippen MR) is 133 cm³/mol. The maximum absolute atomic E-state index is 13.4. The second-order valence-corrected chi connectivity index (χ2v) is 10.9. The Morgan fingerprint density at radius 3 is 2.62 bits per heavy atom. The zero-order chi connectivity index (χ0) is 24.9. The van der Waals surface area contributed by atoms with E-state index in [4.69, 9.17) is 4.74 Å². The summed E-state index contributed by atoms with van der Waals surface area (Å²) in [5.74, 6) is -0.423. The molecule has 0 saturated carbocycles. The first kappa shape index (κ1) is 26.4. The molecule has 2 aliphatic rings. The number of carbonyl (C=O) groups excluding carboxylic acids is 2. The number of sulfonamides is 1. The highest BCUT2D eigenvalue weighted by Crippen LogP contribution is 2.40. The van der Waals surface area contributed by atoms with Crippen LogP contribution in [0.1, 0.15) is 53.4 Å². The number of ether oxygens (including phenoxy) is 1. The molecule has 1 atom stereocenters. The van der Waals surface area contributed by atoms with Gasteiger partial charge in [-0.1, -0.05) is 13.8 Å². The highest BCUT2D eigenvalue weighted by atomic mass is 32.2. The smallest absolute Gasteiger partial charge is 0.250 e. The van der Waals surface area contributed by atoms with Crippen molar-refractivity contribution in [2.24, 2.45) is 0 Å². The zero-order valence-electron chi connectivity index (χ0n) is 20.7. The van der Waals surface area contributed by atoms with Gasteiger partial charge in [-0.05, 0) is 57.7 Å². The largest absolute Gasteiger partial charge is 0.379 e. The first-order chi connectivity index (χ1) is 16.2. The Kier molecular flexibility index (Phi) is 8.95. The van der Waals surface area contributed by atoms with Crippen LogP contribution in [0.3, 0.4) is 0 Å². The fraction of sp³-hybridized carbons (Fsp3) is 0.667. The maximum Gasteiger partial charge on any atom is 0.250 e. The first-order valence-electron chi connectivity index (χ1n) is 12.3. The third-order valence-corrected chi connectivity index (χ3v) is 8.39. The van der Waals surface area contributed by atoms with Gasteiger partial charge in [0.2, 0.25) is 21.8 Å². The van der Waals surface area contributed by atoms with Gasteiger partial charge in [0.1, 0.15) is 12.6 Å². The van der Waals surface area contributed by atoms with E-state index in [1.807, 2.05) is 13.8 Å². The van der Waals surface area contributed by atoms with E-state index < -0.39 is 10.0 Å². The normalized spacial score (nSPS) is 18.3. The number of nitrogens with zero attached hydrogens (tertiary/aromatic N) is 3. The van der Waals surface area contributed by atoms with Crippen LogP contribution < -0.4 is 15.1 Å². The Bertz CT molecular complexity index is 978. The maximum atomic E-state index is 13.4. The van der Waals surface area contributed by atoms with Crippen molar-refractivity contribution < 1.29 is 22.7 Å². The molecule has 9 nitrogen and oxygen atoms in total. The molecule has 0 spiro atoms. The molecule has 2 amide bonds. The molecule has 2 heterocycles. The van der Waals surface area contributed by atoms with Crippen LogP contribution in [0.2, 0.25) is 0 Å². The number of benzene rings is 1. The lowest BCUT2D eigenvalue weighted by Gasteiger charge is -2.45. The topological polar surface area (TPSA) is 99.3 Å². The van der Waals surface area contributed by atoms with Gasteiger partial charge in [0.25, 0.3) is 0 Å². The van der Waals surface area contributed by atoms with Gasteiger partial charge in [-0.15, -0.1) is 0 Å². The molecule has 0 bridgehead atoms. The quantitative estimate of drug-likeness (QED) is 0.474. The van der Waals surface area contributed by atoms with Gasteiger partial charge < -0.3 is 15.0 Å². The minimum atomic E-state index is -3.70. The van der Waals surface area contributed by atoms with Gasteiger partial charge in [0, 0.05) is 32.8 Å². The molecule has 0 unspecified atom stereocenters. The molecule has 0 radical (unpaired) electrons. The van der Waals surface area contributed by atoms with Crippen LogP contribution in [0.4, 0.5) is 11.4 Å². The summed E-state index contributed by atoms with van der Waals surface area (Å²) in [6, 6.07) is 4.62. The number of piperidine rings is 1.